The summed E-state index contributed by atoms with van der Waals surface area (Å²) in [7, 11) is 4.63. The highest BCUT2D eigenvalue weighted by Crippen LogP contribution is 2.39. The van der Waals surface area contributed by atoms with Gasteiger partial charge in [-0.1, -0.05) is 23.9 Å². The number of thioether (sulfide) groups is 1. The van der Waals surface area contributed by atoms with Crippen LogP contribution in [0.25, 0.3) is 10.9 Å². The Morgan fingerprint density at radius 2 is 1.86 bits per heavy atom. The molecule has 0 fully saturated rings. The van der Waals surface area contributed by atoms with Crippen LogP contribution >= 0.6 is 11.8 Å². The van der Waals surface area contributed by atoms with Gasteiger partial charge in [-0.05, 0) is 31.2 Å². The van der Waals surface area contributed by atoms with Crippen LogP contribution in [0.1, 0.15) is 11.4 Å². The molecule has 0 saturated carbocycles. The van der Waals surface area contributed by atoms with Gasteiger partial charge in [0.15, 0.2) is 17.3 Å². The van der Waals surface area contributed by atoms with E-state index >= 15 is 0 Å². The predicted molar refractivity (Wildman–Crippen MR) is 137 cm³/mol. The molecule has 1 unspecified atom stereocenters. The van der Waals surface area contributed by atoms with Crippen LogP contribution in [0.4, 0.5) is 0 Å². The number of aliphatic hydroxyl groups is 1. The molecule has 1 atom stereocenters. The Labute approximate surface area is 211 Å². The van der Waals surface area contributed by atoms with Gasteiger partial charge in [-0.15, -0.1) is 10.2 Å². The van der Waals surface area contributed by atoms with E-state index in [9.17, 15) is 9.90 Å². The third-order valence-corrected chi connectivity index (χ3v) is 6.42. The van der Waals surface area contributed by atoms with Crippen LogP contribution in [0.3, 0.4) is 0 Å². The number of para-hydroxylation sites is 1. The molecule has 36 heavy (non-hydrogen) atoms. The summed E-state index contributed by atoms with van der Waals surface area (Å²) in [5.41, 5.74) is 1.09. The fourth-order valence-electron chi connectivity index (χ4n) is 3.59. The van der Waals surface area contributed by atoms with Gasteiger partial charge in [0.1, 0.15) is 0 Å². The lowest BCUT2D eigenvalue weighted by molar-refractivity contribution is 0.176. The number of benzene rings is 2. The van der Waals surface area contributed by atoms with E-state index in [-0.39, 0.29) is 17.9 Å². The number of aromatic nitrogens is 5. The zero-order chi connectivity index (χ0) is 25.7. The van der Waals surface area contributed by atoms with Crippen molar-refractivity contribution in [1.82, 2.24) is 24.4 Å². The molecule has 0 aliphatic carbocycles. The molecule has 12 heteroatoms. The minimum Gasteiger partial charge on any atom is -0.493 e. The molecular weight excluding hydrogens is 484 g/mol. The summed E-state index contributed by atoms with van der Waals surface area (Å²) in [4.78, 5) is 17.0. The largest absolute Gasteiger partial charge is 0.493 e. The highest BCUT2D eigenvalue weighted by atomic mass is 32.2. The molecule has 4 aromatic rings. The van der Waals surface area contributed by atoms with Crippen molar-refractivity contribution >= 4 is 28.9 Å². The first kappa shape index (κ1) is 25.2. The van der Waals surface area contributed by atoms with Gasteiger partial charge in [0.25, 0.3) is 5.56 Å². The number of methoxy groups -OCH3 is 3. The average Bonchev–Trinajstić information content (AvgIpc) is 3.26. The molecule has 4 rings (SSSR count). The second-order valence-electron chi connectivity index (χ2n) is 7.69. The molecule has 0 aliphatic heterocycles. The average molecular weight is 511 g/mol. The Hall–Kier alpha value is -3.90. The molecule has 2 aromatic carbocycles. The molecule has 2 aromatic heterocycles. The van der Waals surface area contributed by atoms with Crippen molar-refractivity contribution in [2.24, 2.45) is 5.10 Å². The van der Waals surface area contributed by atoms with Crippen molar-refractivity contribution < 1.29 is 19.3 Å². The van der Waals surface area contributed by atoms with Gasteiger partial charge in [-0.3, -0.25) is 9.36 Å². The van der Waals surface area contributed by atoms with Crippen LogP contribution in [-0.2, 0) is 6.54 Å². The summed E-state index contributed by atoms with van der Waals surface area (Å²) in [6.45, 7) is 1.87. The third-order valence-electron chi connectivity index (χ3n) is 5.36. The van der Waals surface area contributed by atoms with Gasteiger partial charge in [0, 0.05) is 11.3 Å². The van der Waals surface area contributed by atoms with E-state index in [2.05, 4.69) is 20.3 Å². The highest BCUT2D eigenvalue weighted by molar-refractivity contribution is 7.99. The Morgan fingerprint density at radius 3 is 2.61 bits per heavy atom. The molecule has 0 radical (unpaired) electrons. The van der Waals surface area contributed by atoms with E-state index in [0.717, 1.165) is 0 Å². The Balaban J connectivity index is 1.49. The fourth-order valence-corrected chi connectivity index (χ4v) is 4.44. The van der Waals surface area contributed by atoms with Gasteiger partial charge in [0.05, 0.1) is 57.4 Å². The predicted octanol–water partition coefficient (Wildman–Crippen LogP) is 2.36. The van der Waals surface area contributed by atoms with Gasteiger partial charge in [-0.25, -0.2) is 4.98 Å². The van der Waals surface area contributed by atoms with Crippen molar-refractivity contribution in [3.63, 3.8) is 0 Å². The van der Waals surface area contributed by atoms with E-state index in [1.165, 1.54) is 36.9 Å². The van der Waals surface area contributed by atoms with Crippen LogP contribution in [0.15, 0.2) is 57.8 Å². The van der Waals surface area contributed by atoms with Crippen LogP contribution in [0.2, 0.25) is 0 Å². The van der Waals surface area contributed by atoms with E-state index in [0.29, 0.717) is 44.7 Å². The molecule has 0 spiro atoms. The Kier molecular flexibility index (Phi) is 7.86. The van der Waals surface area contributed by atoms with Gasteiger partial charge in [0.2, 0.25) is 10.9 Å². The third kappa shape index (κ3) is 5.19. The summed E-state index contributed by atoms with van der Waals surface area (Å²) in [5.74, 6) is 2.31. The number of aliphatic hydroxyl groups excluding tert-OH is 1. The number of ether oxygens (including phenoxy) is 3. The van der Waals surface area contributed by atoms with Crippen LogP contribution in [0.5, 0.6) is 17.2 Å². The van der Waals surface area contributed by atoms with Crippen molar-refractivity contribution in [2.45, 2.75) is 24.7 Å². The first-order valence-electron chi connectivity index (χ1n) is 11.0. The molecule has 188 valence electrons. The number of rotatable bonds is 10. The van der Waals surface area contributed by atoms with Crippen molar-refractivity contribution in [2.75, 3.05) is 27.1 Å². The van der Waals surface area contributed by atoms with Crippen LogP contribution in [-0.4, -0.2) is 68.9 Å². The van der Waals surface area contributed by atoms with Crippen LogP contribution < -0.4 is 19.8 Å². The number of aryl methyl sites for hydroxylation is 1. The minimum atomic E-state index is -0.823. The molecule has 0 amide bonds. The van der Waals surface area contributed by atoms with E-state index in [1.54, 1.807) is 55.3 Å². The van der Waals surface area contributed by atoms with E-state index < -0.39 is 6.10 Å². The lowest BCUT2D eigenvalue weighted by Gasteiger charge is -2.14. The highest BCUT2D eigenvalue weighted by Gasteiger charge is 2.16. The second-order valence-corrected chi connectivity index (χ2v) is 8.68. The summed E-state index contributed by atoms with van der Waals surface area (Å²) >= 11 is 1.28. The molecule has 2 heterocycles. The number of hydrogen-bond donors (Lipinski definition) is 1. The summed E-state index contributed by atoms with van der Waals surface area (Å²) in [5, 5.41) is 24.4. The molecule has 1 N–H and O–H groups in total. The molecular formula is C24H26N6O5S. The summed E-state index contributed by atoms with van der Waals surface area (Å²) in [6, 6.07) is 10.7. The molecule has 0 bridgehead atoms. The molecule has 0 saturated heterocycles. The number of nitrogens with zero attached hydrogens (tertiary/aromatic N) is 6. The topological polar surface area (TPSA) is 126 Å². The Bertz CT molecular complexity index is 1450. The SMILES string of the molecule is COc1ccc(C=Nn2c(C)nnc2SCC(O)Cn2cnc3ccccc3c2=O)c(OC)c1OC. The lowest BCUT2D eigenvalue weighted by Crippen LogP contribution is -2.28. The second kappa shape index (κ2) is 11.2. The van der Waals surface area contributed by atoms with Gasteiger partial charge < -0.3 is 19.3 Å². The zero-order valence-corrected chi connectivity index (χ0v) is 21.1. The van der Waals surface area contributed by atoms with E-state index in [4.69, 9.17) is 14.2 Å². The minimum absolute atomic E-state index is 0.100. The lowest BCUT2D eigenvalue weighted by atomic mass is 10.2. The van der Waals surface area contributed by atoms with Crippen molar-refractivity contribution in [3.05, 3.63) is 64.5 Å². The monoisotopic (exact) mass is 510 g/mol. The normalized spacial score (nSPS) is 12.2. The fraction of sp³-hybridized carbons (Fsp3) is 0.292. The summed E-state index contributed by atoms with van der Waals surface area (Å²) < 4.78 is 19.2. The van der Waals surface area contributed by atoms with Gasteiger partial charge in [-0.2, -0.15) is 9.78 Å². The van der Waals surface area contributed by atoms with Crippen molar-refractivity contribution in [1.29, 1.82) is 0 Å². The van der Waals surface area contributed by atoms with Gasteiger partial charge >= 0.3 is 0 Å². The molecule has 0 aliphatic rings. The van der Waals surface area contributed by atoms with Crippen LogP contribution in [0, 0.1) is 6.92 Å². The quantitative estimate of drug-likeness (QED) is 0.253. The van der Waals surface area contributed by atoms with Crippen molar-refractivity contribution in [3.8, 4) is 17.2 Å². The maximum atomic E-state index is 12.7. The zero-order valence-electron chi connectivity index (χ0n) is 20.3. The van der Waals surface area contributed by atoms with E-state index in [1.807, 2.05) is 6.07 Å². The number of fused-ring (bicyclic) bond motifs is 1. The number of hydrogen-bond acceptors (Lipinski definition) is 10. The maximum Gasteiger partial charge on any atom is 0.261 e. The smallest absolute Gasteiger partial charge is 0.261 e. The molecule has 11 nitrogen and oxygen atoms in total. The summed E-state index contributed by atoms with van der Waals surface area (Å²) in [6.07, 6.45) is 2.24. The standard InChI is InChI=1S/C24H26N6O5S/c1-15-27-28-24(30(15)26-11-16-9-10-20(33-2)22(35-4)21(16)34-3)36-13-17(31)12-29-14-25-19-8-6-5-7-18(19)23(29)32/h5-11,14,17,31H,12-13H2,1-4H3. The maximum absolute atomic E-state index is 12.7. The first-order valence-corrected chi connectivity index (χ1v) is 12.0. The Morgan fingerprint density at radius 1 is 1.08 bits per heavy atom. The first-order chi connectivity index (χ1) is 17.5.